The molecule has 0 aromatic carbocycles. The van der Waals surface area contributed by atoms with Crippen LogP contribution in [0.5, 0.6) is 0 Å². The molecule has 1 unspecified atom stereocenters. The Hall–Kier alpha value is -0.810. The molecule has 2 rings (SSSR count). The summed E-state index contributed by atoms with van der Waals surface area (Å²) in [6.07, 6.45) is 5.11. The normalized spacial score (nSPS) is 25.3. The Morgan fingerprint density at radius 1 is 1.33 bits per heavy atom. The lowest BCUT2D eigenvalue weighted by atomic mass is 10.1. The van der Waals surface area contributed by atoms with Gasteiger partial charge in [0.15, 0.2) is 0 Å². The van der Waals surface area contributed by atoms with Crippen LogP contribution in [0.1, 0.15) is 52.9 Å². The van der Waals surface area contributed by atoms with Gasteiger partial charge in [-0.25, -0.2) is 4.79 Å². The first kappa shape index (κ1) is 16.6. The van der Waals surface area contributed by atoms with E-state index >= 15 is 0 Å². The molecule has 1 saturated carbocycles. The molecule has 1 saturated heterocycles. The summed E-state index contributed by atoms with van der Waals surface area (Å²) in [5.74, 6) is 0. The lowest BCUT2D eigenvalue weighted by molar-refractivity contribution is 0.0256. The highest BCUT2D eigenvalue weighted by atomic mass is 16.6. The maximum Gasteiger partial charge on any atom is 0.410 e. The van der Waals surface area contributed by atoms with Gasteiger partial charge in [-0.15, -0.1) is 0 Å². The summed E-state index contributed by atoms with van der Waals surface area (Å²) in [6.45, 7) is 8.42. The summed E-state index contributed by atoms with van der Waals surface area (Å²) in [7, 11) is 0. The van der Waals surface area contributed by atoms with E-state index in [0.29, 0.717) is 6.04 Å². The largest absolute Gasteiger partial charge is 0.444 e. The van der Waals surface area contributed by atoms with Gasteiger partial charge in [-0.1, -0.05) is 0 Å². The fourth-order valence-corrected chi connectivity index (χ4v) is 2.74. The third kappa shape index (κ3) is 5.15. The van der Waals surface area contributed by atoms with Gasteiger partial charge in [0.05, 0.1) is 0 Å². The van der Waals surface area contributed by atoms with Crippen molar-refractivity contribution in [2.24, 2.45) is 5.41 Å². The lowest BCUT2D eigenvalue weighted by Crippen LogP contribution is -2.39. The Kier molecular flexibility index (Phi) is 5.15. The SMILES string of the molecule is CC(C)(C)OC(=O)N1CCCC(NCC2(CO)CC2)CC1. The van der Waals surface area contributed by atoms with Gasteiger partial charge in [0.1, 0.15) is 5.60 Å². The number of amides is 1. The average molecular weight is 298 g/mol. The van der Waals surface area contributed by atoms with Gasteiger partial charge >= 0.3 is 6.09 Å². The number of likely N-dealkylation sites (tertiary alicyclic amines) is 1. The predicted molar refractivity (Wildman–Crippen MR) is 82.2 cm³/mol. The number of nitrogens with one attached hydrogen (secondary N) is 1. The van der Waals surface area contributed by atoms with Crippen LogP contribution < -0.4 is 5.32 Å². The summed E-state index contributed by atoms with van der Waals surface area (Å²) >= 11 is 0. The van der Waals surface area contributed by atoms with Crippen molar-refractivity contribution in [2.45, 2.75) is 64.5 Å². The van der Waals surface area contributed by atoms with E-state index in [0.717, 1.165) is 51.7 Å². The molecule has 122 valence electrons. The zero-order valence-electron chi connectivity index (χ0n) is 13.7. The van der Waals surface area contributed by atoms with Crippen LogP contribution in [0.15, 0.2) is 0 Å². The minimum absolute atomic E-state index is 0.150. The predicted octanol–water partition coefficient (Wildman–Crippen LogP) is 2.14. The molecule has 5 nitrogen and oxygen atoms in total. The van der Waals surface area contributed by atoms with Gasteiger partial charge in [0, 0.05) is 37.7 Å². The van der Waals surface area contributed by atoms with Crippen LogP contribution in [0.3, 0.4) is 0 Å². The number of rotatable bonds is 4. The molecule has 0 spiro atoms. The number of aliphatic hydroxyl groups excluding tert-OH is 1. The number of ether oxygens (including phenoxy) is 1. The topological polar surface area (TPSA) is 61.8 Å². The number of carbonyl (C=O) groups excluding carboxylic acids is 1. The second-order valence-electron chi connectivity index (χ2n) is 7.63. The van der Waals surface area contributed by atoms with Crippen LogP contribution >= 0.6 is 0 Å². The zero-order chi connectivity index (χ0) is 15.5. The molecule has 1 aliphatic carbocycles. The maximum absolute atomic E-state index is 12.1. The standard InChI is InChI=1S/C16H30N2O3/c1-15(2,3)21-14(20)18-9-4-5-13(6-10-18)17-11-16(12-19)7-8-16/h13,17,19H,4-12H2,1-3H3. The minimum Gasteiger partial charge on any atom is -0.444 e. The average Bonchev–Trinajstić information content (AvgIpc) is 3.19. The van der Waals surface area contributed by atoms with Gasteiger partial charge < -0.3 is 20.1 Å². The molecule has 0 bridgehead atoms. The number of aliphatic hydroxyl groups is 1. The third-order valence-electron chi connectivity index (χ3n) is 4.44. The molecule has 21 heavy (non-hydrogen) atoms. The van der Waals surface area contributed by atoms with E-state index in [1.54, 1.807) is 0 Å². The molecule has 1 amide bonds. The molecule has 1 aliphatic heterocycles. The Bertz CT molecular complexity index is 361. The Morgan fingerprint density at radius 3 is 2.62 bits per heavy atom. The summed E-state index contributed by atoms with van der Waals surface area (Å²) in [5.41, 5.74) is -0.280. The van der Waals surface area contributed by atoms with E-state index in [1.807, 2.05) is 25.7 Å². The zero-order valence-corrected chi connectivity index (χ0v) is 13.7. The molecular weight excluding hydrogens is 268 g/mol. The van der Waals surface area contributed by atoms with Gasteiger partial charge in [-0.2, -0.15) is 0 Å². The van der Waals surface area contributed by atoms with E-state index < -0.39 is 5.60 Å². The Balaban J connectivity index is 1.75. The van der Waals surface area contributed by atoms with Crippen molar-refractivity contribution in [3.05, 3.63) is 0 Å². The molecule has 1 atom stereocenters. The van der Waals surface area contributed by atoms with Gasteiger partial charge in [0.2, 0.25) is 0 Å². The monoisotopic (exact) mass is 298 g/mol. The number of carbonyl (C=O) groups is 1. The van der Waals surface area contributed by atoms with Gasteiger partial charge in [-0.05, 0) is 52.9 Å². The van der Waals surface area contributed by atoms with E-state index in [9.17, 15) is 9.90 Å². The molecule has 0 aromatic rings. The van der Waals surface area contributed by atoms with Gasteiger partial charge in [0.25, 0.3) is 0 Å². The van der Waals surface area contributed by atoms with Crippen molar-refractivity contribution in [2.75, 3.05) is 26.2 Å². The Morgan fingerprint density at radius 2 is 2.05 bits per heavy atom. The quantitative estimate of drug-likeness (QED) is 0.835. The van der Waals surface area contributed by atoms with Crippen LogP contribution in [-0.2, 0) is 4.74 Å². The molecule has 2 aliphatic rings. The summed E-state index contributed by atoms with van der Waals surface area (Å²) < 4.78 is 5.44. The number of hydrogen-bond acceptors (Lipinski definition) is 4. The fraction of sp³-hybridized carbons (Fsp3) is 0.938. The van der Waals surface area contributed by atoms with Crippen molar-refractivity contribution in [1.29, 1.82) is 0 Å². The first-order valence-electron chi connectivity index (χ1n) is 8.16. The molecule has 0 aromatic heterocycles. The summed E-state index contributed by atoms with van der Waals surface area (Å²) in [6, 6.07) is 0.446. The van der Waals surface area contributed by atoms with Crippen molar-refractivity contribution in [3.63, 3.8) is 0 Å². The van der Waals surface area contributed by atoms with E-state index in [4.69, 9.17) is 4.74 Å². The molecule has 0 radical (unpaired) electrons. The fourth-order valence-electron chi connectivity index (χ4n) is 2.74. The van der Waals surface area contributed by atoms with Crippen LogP contribution in [0.2, 0.25) is 0 Å². The molecule has 2 fully saturated rings. The van der Waals surface area contributed by atoms with E-state index in [1.165, 1.54) is 0 Å². The van der Waals surface area contributed by atoms with Crippen LogP contribution in [0, 0.1) is 5.41 Å². The molecular formula is C16H30N2O3. The van der Waals surface area contributed by atoms with Crippen LogP contribution in [-0.4, -0.2) is 54.0 Å². The highest BCUT2D eigenvalue weighted by molar-refractivity contribution is 5.68. The summed E-state index contributed by atoms with van der Waals surface area (Å²) in [5, 5.41) is 12.9. The first-order valence-corrected chi connectivity index (χ1v) is 8.16. The molecule has 5 heteroatoms. The summed E-state index contributed by atoms with van der Waals surface area (Å²) in [4.78, 5) is 13.9. The number of hydrogen-bond donors (Lipinski definition) is 2. The smallest absolute Gasteiger partial charge is 0.410 e. The molecule has 1 heterocycles. The Labute approximate surface area is 128 Å². The van der Waals surface area contributed by atoms with E-state index in [-0.39, 0.29) is 18.1 Å². The van der Waals surface area contributed by atoms with Crippen LogP contribution in [0.4, 0.5) is 4.79 Å². The highest BCUT2D eigenvalue weighted by Gasteiger charge is 2.42. The maximum atomic E-state index is 12.1. The van der Waals surface area contributed by atoms with Crippen molar-refractivity contribution < 1.29 is 14.6 Å². The van der Waals surface area contributed by atoms with Crippen molar-refractivity contribution >= 4 is 6.09 Å². The van der Waals surface area contributed by atoms with Crippen molar-refractivity contribution in [3.8, 4) is 0 Å². The minimum atomic E-state index is -0.430. The first-order chi connectivity index (χ1) is 9.84. The second kappa shape index (κ2) is 6.53. The second-order valence-corrected chi connectivity index (χ2v) is 7.63. The highest BCUT2D eigenvalue weighted by Crippen LogP contribution is 2.44. The van der Waals surface area contributed by atoms with Crippen molar-refractivity contribution in [1.82, 2.24) is 10.2 Å². The lowest BCUT2D eigenvalue weighted by Gasteiger charge is -2.26. The van der Waals surface area contributed by atoms with Crippen LogP contribution in [0.25, 0.3) is 0 Å². The molecule has 2 N–H and O–H groups in total. The van der Waals surface area contributed by atoms with Gasteiger partial charge in [-0.3, -0.25) is 0 Å². The van der Waals surface area contributed by atoms with E-state index in [2.05, 4.69) is 5.32 Å². The number of nitrogens with zero attached hydrogens (tertiary/aromatic N) is 1. The third-order valence-corrected chi connectivity index (χ3v) is 4.44.